The van der Waals surface area contributed by atoms with Gasteiger partial charge in [-0.05, 0) is 48.4 Å². The summed E-state index contributed by atoms with van der Waals surface area (Å²) in [5.74, 6) is -1.46. The van der Waals surface area contributed by atoms with E-state index in [1.807, 2.05) is 0 Å². The van der Waals surface area contributed by atoms with Crippen molar-refractivity contribution >= 4 is 5.91 Å². The predicted octanol–water partition coefficient (Wildman–Crippen LogP) is 4.09. The maximum Gasteiger partial charge on any atom is 0.416 e. The summed E-state index contributed by atoms with van der Waals surface area (Å²) in [4.78, 5) is 39.5. The van der Waals surface area contributed by atoms with Crippen LogP contribution in [0.2, 0.25) is 0 Å². The van der Waals surface area contributed by atoms with E-state index in [1.54, 1.807) is 37.3 Å². The number of nitrogens with zero attached hydrogens (tertiary/aromatic N) is 3. The highest BCUT2D eigenvalue weighted by molar-refractivity contribution is 5.92. The second kappa shape index (κ2) is 10.2. The van der Waals surface area contributed by atoms with Gasteiger partial charge in [-0.3, -0.25) is 14.2 Å². The molecule has 0 aliphatic rings. The lowest BCUT2D eigenvalue weighted by atomic mass is 10.1. The first-order valence-electron chi connectivity index (χ1n) is 11.1. The molecular weight excluding hydrogens is 492 g/mol. The Morgan fingerprint density at radius 2 is 1.65 bits per heavy atom. The standard InChI is InChI=1S/C26H20F4N4O3/c1-16(18-6-3-2-4-7-18)31-23(35)22-24(36)33(15-17-10-12-20(27)13-11-17)25(37)34(32-22)21-9-5-8-19(14-21)26(28,29)30/h2-14,16H,15H2,1H3,(H,31,35)/t16-/m1/s1. The molecule has 190 valence electrons. The largest absolute Gasteiger partial charge is 0.416 e. The molecular formula is C26H20F4N4O3. The van der Waals surface area contributed by atoms with Crippen LogP contribution in [0, 0.1) is 5.82 Å². The average molecular weight is 512 g/mol. The van der Waals surface area contributed by atoms with Crippen molar-refractivity contribution in [1.82, 2.24) is 19.7 Å². The van der Waals surface area contributed by atoms with Crippen LogP contribution in [-0.2, 0) is 12.7 Å². The lowest BCUT2D eigenvalue weighted by molar-refractivity contribution is -0.137. The molecule has 1 amide bonds. The zero-order valence-electron chi connectivity index (χ0n) is 19.4. The number of hydrogen-bond acceptors (Lipinski definition) is 4. The van der Waals surface area contributed by atoms with E-state index in [1.165, 1.54) is 18.2 Å². The predicted molar refractivity (Wildman–Crippen MR) is 127 cm³/mol. The van der Waals surface area contributed by atoms with Crippen LogP contribution in [0.15, 0.2) is 88.5 Å². The van der Waals surface area contributed by atoms with Crippen molar-refractivity contribution < 1.29 is 22.4 Å². The molecule has 7 nitrogen and oxygen atoms in total. The summed E-state index contributed by atoms with van der Waals surface area (Å²) in [7, 11) is 0. The summed E-state index contributed by atoms with van der Waals surface area (Å²) in [6.07, 6.45) is -4.70. The van der Waals surface area contributed by atoms with E-state index in [0.29, 0.717) is 20.9 Å². The molecule has 4 rings (SSSR count). The minimum atomic E-state index is -4.70. The van der Waals surface area contributed by atoms with Crippen LogP contribution in [0.25, 0.3) is 5.69 Å². The van der Waals surface area contributed by atoms with Gasteiger partial charge >= 0.3 is 11.9 Å². The zero-order valence-corrected chi connectivity index (χ0v) is 19.4. The van der Waals surface area contributed by atoms with E-state index in [4.69, 9.17) is 0 Å². The molecule has 3 aromatic carbocycles. The Labute approximate surface area is 207 Å². The lowest BCUT2D eigenvalue weighted by Crippen LogP contribution is -2.46. The van der Waals surface area contributed by atoms with Crippen LogP contribution in [-0.4, -0.2) is 20.3 Å². The van der Waals surface area contributed by atoms with Crippen LogP contribution < -0.4 is 16.6 Å². The number of alkyl halides is 3. The Balaban J connectivity index is 1.84. The fraction of sp³-hybridized carbons (Fsp3) is 0.154. The van der Waals surface area contributed by atoms with Gasteiger partial charge in [0.05, 0.1) is 23.8 Å². The van der Waals surface area contributed by atoms with Gasteiger partial charge in [-0.15, -0.1) is 0 Å². The highest BCUT2D eigenvalue weighted by Gasteiger charge is 2.31. The van der Waals surface area contributed by atoms with Gasteiger partial charge in [0.1, 0.15) is 5.82 Å². The van der Waals surface area contributed by atoms with Gasteiger partial charge in [0.25, 0.3) is 11.5 Å². The number of carbonyl (C=O) groups excluding carboxylic acids is 1. The normalized spacial score (nSPS) is 12.2. The molecule has 0 fully saturated rings. The minimum absolute atomic E-state index is 0.294. The average Bonchev–Trinajstić information content (AvgIpc) is 2.87. The van der Waals surface area contributed by atoms with Crippen molar-refractivity contribution in [3.05, 3.63) is 128 Å². The molecule has 11 heteroatoms. The molecule has 0 spiro atoms. The Morgan fingerprint density at radius 1 is 0.973 bits per heavy atom. The van der Waals surface area contributed by atoms with Gasteiger partial charge in [-0.25, -0.2) is 9.18 Å². The quantitative estimate of drug-likeness (QED) is 0.395. The van der Waals surface area contributed by atoms with Crippen LogP contribution in [0.4, 0.5) is 17.6 Å². The third-order valence-corrected chi connectivity index (χ3v) is 5.59. The fourth-order valence-corrected chi connectivity index (χ4v) is 3.64. The second-order valence-corrected chi connectivity index (χ2v) is 8.21. The summed E-state index contributed by atoms with van der Waals surface area (Å²) in [5, 5.41) is 6.49. The van der Waals surface area contributed by atoms with Crippen molar-refractivity contribution in [2.45, 2.75) is 25.7 Å². The molecule has 0 unspecified atom stereocenters. The summed E-state index contributed by atoms with van der Waals surface area (Å²) in [6, 6.07) is 17.0. The fourth-order valence-electron chi connectivity index (χ4n) is 3.64. The SMILES string of the molecule is C[C@@H](NC(=O)c1nn(-c2cccc(C(F)(F)F)c2)c(=O)n(Cc2ccc(F)cc2)c1=O)c1ccccc1. The van der Waals surface area contributed by atoms with E-state index in [0.717, 1.165) is 29.8 Å². The van der Waals surface area contributed by atoms with Crippen LogP contribution >= 0.6 is 0 Å². The van der Waals surface area contributed by atoms with Crippen LogP contribution in [0.3, 0.4) is 0 Å². The summed E-state index contributed by atoms with van der Waals surface area (Å²) in [5.41, 5.74) is -3.06. The smallest absolute Gasteiger partial charge is 0.344 e. The molecule has 0 saturated heterocycles. The number of amides is 1. The lowest BCUT2D eigenvalue weighted by Gasteiger charge is -2.16. The molecule has 0 radical (unpaired) electrons. The topological polar surface area (TPSA) is 86.0 Å². The maximum atomic E-state index is 13.3. The van der Waals surface area contributed by atoms with Crippen molar-refractivity contribution in [3.8, 4) is 5.69 Å². The van der Waals surface area contributed by atoms with Crippen molar-refractivity contribution in [3.63, 3.8) is 0 Å². The van der Waals surface area contributed by atoms with Crippen molar-refractivity contribution in [2.75, 3.05) is 0 Å². The van der Waals surface area contributed by atoms with E-state index < -0.39 is 46.4 Å². The van der Waals surface area contributed by atoms with Gasteiger partial charge in [0.2, 0.25) is 5.69 Å². The highest BCUT2D eigenvalue weighted by Crippen LogP contribution is 2.30. The Bertz CT molecular complexity index is 1550. The molecule has 4 aromatic rings. The monoisotopic (exact) mass is 512 g/mol. The summed E-state index contributed by atoms with van der Waals surface area (Å²) < 4.78 is 54.5. The van der Waals surface area contributed by atoms with Crippen molar-refractivity contribution in [1.29, 1.82) is 0 Å². The number of aromatic nitrogens is 3. The minimum Gasteiger partial charge on any atom is -0.344 e. The zero-order chi connectivity index (χ0) is 26.7. The second-order valence-electron chi connectivity index (χ2n) is 8.21. The van der Waals surface area contributed by atoms with Gasteiger partial charge < -0.3 is 5.32 Å². The Hall–Kier alpha value is -4.54. The molecule has 0 aliphatic heterocycles. The molecule has 37 heavy (non-hydrogen) atoms. The van der Waals surface area contributed by atoms with Gasteiger partial charge in [-0.2, -0.15) is 23.0 Å². The molecule has 1 heterocycles. The number of halogens is 4. The molecule has 1 aromatic heterocycles. The molecule has 0 aliphatic carbocycles. The molecule has 0 saturated carbocycles. The van der Waals surface area contributed by atoms with Gasteiger partial charge in [-0.1, -0.05) is 48.5 Å². The summed E-state index contributed by atoms with van der Waals surface area (Å²) in [6.45, 7) is 1.31. The molecule has 1 atom stereocenters. The number of benzene rings is 3. The number of rotatable bonds is 6. The Kier molecular flexibility index (Phi) is 7.05. The van der Waals surface area contributed by atoms with E-state index in [2.05, 4.69) is 10.4 Å². The van der Waals surface area contributed by atoms with E-state index in [-0.39, 0.29) is 12.2 Å². The molecule has 1 N–H and O–H groups in total. The van der Waals surface area contributed by atoms with Crippen LogP contribution in [0.5, 0.6) is 0 Å². The third-order valence-electron chi connectivity index (χ3n) is 5.59. The number of hydrogen-bond donors (Lipinski definition) is 1. The first kappa shape index (κ1) is 25.5. The van der Waals surface area contributed by atoms with Crippen molar-refractivity contribution in [2.24, 2.45) is 0 Å². The Morgan fingerprint density at radius 3 is 2.30 bits per heavy atom. The summed E-state index contributed by atoms with van der Waals surface area (Å²) >= 11 is 0. The third kappa shape index (κ3) is 5.66. The maximum absolute atomic E-state index is 13.3. The van der Waals surface area contributed by atoms with Crippen LogP contribution in [0.1, 0.15) is 40.1 Å². The van der Waals surface area contributed by atoms with E-state index in [9.17, 15) is 31.9 Å². The van der Waals surface area contributed by atoms with E-state index >= 15 is 0 Å². The van der Waals surface area contributed by atoms with Gasteiger partial charge in [0, 0.05) is 0 Å². The number of nitrogens with one attached hydrogen (secondary N) is 1. The first-order chi connectivity index (χ1) is 17.5. The first-order valence-corrected chi connectivity index (χ1v) is 11.1. The molecule has 0 bridgehead atoms. The van der Waals surface area contributed by atoms with Gasteiger partial charge in [0.15, 0.2) is 0 Å². The number of carbonyl (C=O) groups is 1. The highest BCUT2D eigenvalue weighted by atomic mass is 19.4.